The normalized spacial score (nSPS) is 17.4. The third kappa shape index (κ3) is 4.08. The first-order valence-electron chi connectivity index (χ1n) is 8.31. The van der Waals surface area contributed by atoms with Crippen molar-refractivity contribution in [3.8, 4) is 0 Å². The van der Waals surface area contributed by atoms with Gasteiger partial charge in [-0.15, -0.1) is 0 Å². The number of ether oxygens (including phenoxy) is 1. The number of hydrogen-bond donors (Lipinski definition) is 1. The van der Waals surface area contributed by atoms with Crippen LogP contribution in [-0.2, 0) is 20.2 Å². The van der Waals surface area contributed by atoms with Gasteiger partial charge in [-0.05, 0) is 55.2 Å². The molecule has 0 amide bonds. The number of nitrogens with one attached hydrogen (secondary N) is 1. The molecule has 1 N–H and O–H groups in total. The summed E-state index contributed by atoms with van der Waals surface area (Å²) < 4.78 is 46.8. The fraction of sp³-hybridized carbons (Fsp3) is 0.368. The number of sulfonamides is 1. The second kappa shape index (κ2) is 7.23. The summed E-state index contributed by atoms with van der Waals surface area (Å²) in [6, 6.07) is 13.1. The lowest BCUT2D eigenvalue weighted by molar-refractivity contribution is 0.0517. The molecular weight excluding hydrogens is 341 g/mol. The van der Waals surface area contributed by atoms with Crippen molar-refractivity contribution < 1.29 is 17.5 Å². The lowest BCUT2D eigenvalue weighted by atomic mass is 9.74. The number of hydrogen-bond acceptors (Lipinski definition) is 3. The van der Waals surface area contributed by atoms with Gasteiger partial charge in [-0.2, -0.15) is 0 Å². The van der Waals surface area contributed by atoms with Crippen molar-refractivity contribution in [1.82, 2.24) is 4.72 Å². The van der Waals surface area contributed by atoms with Gasteiger partial charge in [0.2, 0.25) is 10.0 Å². The third-order valence-electron chi connectivity index (χ3n) is 4.81. The molecule has 0 saturated carbocycles. The quantitative estimate of drug-likeness (QED) is 0.888. The molecule has 0 unspecified atom stereocenters. The van der Waals surface area contributed by atoms with Crippen LogP contribution in [0.25, 0.3) is 0 Å². The average molecular weight is 363 g/mol. The van der Waals surface area contributed by atoms with E-state index in [2.05, 4.69) is 4.72 Å². The van der Waals surface area contributed by atoms with E-state index in [9.17, 15) is 12.8 Å². The molecule has 1 aliphatic heterocycles. The Bertz CT molecular complexity index is 828. The van der Waals surface area contributed by atoms with E-state index in [1.807, 2.05) is 13.0 Å². The summed E-state index contributed by atoms with van der Waals surface area (Å²) in [7, 11) is -3.60. The number of aryl methyl sites for hydroxylation is 1. The Hall–Kier alpha value is -1.76. The molecule has 134 valence electrons. The van der Waals surface area contributed by atoms with Crippen molar-refractivity contribution in [2.24, 2.45) is 0 Å². The number of benzene rings is 2. The molecule has 1 aliphatic rings. The first-order valence-corrected chi connectivity index (χ1v) is 9.80. The summed E-state index contributed by atoms with van der Waals surface area (Å²) >= 11 is 0. The molecule has 2 aromatic carbocycles. The van der Waals surface area contributed by atoms with Crippen LogP contribution < -0.4 is 4.72 Å². The lowest BCUT2D eigenvalue weighted by Crippen LogP contribution is -2.44. The summed E-state index contributed by atoms with van der Waals surface area (Å²) in [6.07, 6.45) is 1.38. The van der Waals surface area contributed by atoms with Crippen LogP contribution in [-0.4, -0.2) is 28.2 Å². The summed E-state index contributed by atoms with van der Waals surface area (Å²) in [6.45, 7) is 3.24. The first kappa shape index (κ1) is 18.0. The minimum absolute atomic E-state index is 0.258. The van der Waals surface area contributed by atoms with Crippen LogP contribution in [0.3, 0.4) is 0 Å². The van der Waals surface area contributed by atoms with Gasteiger partial charge in [0.05, 0.1) is 4.90 Å². The van der Waals surface area contributed by atoms with Gasteiger partial charge in [-0.3, -0.25) is 0 Å². The van der Waals surface area contributed by atoms with Gasteiger partial charge < -0.3 is 4.74 Å². The van der Waals surface area contributed by atoms with Crippen LogP contribution in [0.4, 0.5) is 4.39 Å². The molecule has 0 aliphatic carbocycles. The zero-order valence-electron chi connectivity index (χ0n) is 14.2. The Balaban J connectivity index is 1.85. The summed E-state index contributed by atoms with van der Waals surface area (Å²) in [4.78, 5) is 0.258. The Kier molecular flexibility index (Phi) is 5.22. The highest BCUT2D eigenvalue weighted by Gasteiger charge is 2.35. The minimum atomic E-state index is -3.60. The Morgan fingerprint density at radius 1 is 1.12 bits per heavy atom. The molecule has 0 bridgehead atoms. The van der Waals surface area contributed by atoms with E-state index in [0.717, 1.165) is 11.1 Å². The second-order valence-electron chi connectivity index (χ2n) is 6.54. The van der Waals surface area contributed by atoms with Crippen LogP contribution in [0.5, 0.6) is 0 Å². The van der Waals surface area contributed by atoms with Crippen LogP contribution in [0.1, 0.15) is 24.0 Å². The molecule has 0 atom stereocenters. The van der Waals surface area contributed by atoms with Gasteiger partial charge in [0.25, 0.3) is 0 Å². The molecule has 4 nitrogen and oxygen atoms in total. The fourth-order valence-corrected chi connectivity index (χ4v) is 4.46. The molecule has 1 saturated heterocycles. The standard InChI is InChI=1S/C19H22FNO3S/c1-15-3-2-4-18(13-15)25(22,23)21-14-19(9-11-24-12-10-19)16-5-7-17(20)8-6-16/h2-8,13,21H,9-12,14H2,1H3. The van der Waals surface area contributed by atoms with E-state index in [4.69, 9.17) is 4.74 Å². The van der Waals surface area contributed by atoms with Gasteiger partial charge >= 0.3 is 0 Å². The zero-order valence-corrected chi connectivity index (χ0v) is 15.0. The fourth-order valence-electron chi connectivity index (χ4n) is 3.23. The highest BCUT2D eigenvalue weighted by Crippen LogP contribution is 2.34. The summed E-state index contributed by atoms with van der Waals surface area (Å²) in [5.74, 6) is -0.300. The van der Waals surface area contributed by atoms with E-state index in [-0.39, 0.29) is 22.7 Å². The van der Waals surface area contributed by atoms with E-state index in [1.54, 1.807) is 30.3 Å². The predicted octanol–water partition coefficient (Wildman–Crippen LogP) is 3.16. The SMILES string of the molecule is Cc1cccc(S(=O)(=O)NCC2(c3ccc(F)cc3)CCOCC2)c1. The smallest absolute Gasteiger partial charge is 0.240 e. The largest absolute Gasteiger partial charge is 0.381 e. The monoisotopic (exact) mass is 363 g/mol. The van der Waals surface area contributed by atoms with E-state index in [0.29, 0.717) is 26.1 Å². The van der Waals surface area contributed by atoms with Gasteiger partial charge in [0.1, 0.15) is 5.82 Å². The number of halogens is 1. The lowest BCUT2D eigenvalue weighted by Gasteiger charge is -2.38. The van der Waals surface area contributed by atoms with Gasteiger partial charge in [-0.25, -0.2) is 17.5 Å². The van der Waals surface area contributed by atoms with E-state index >= 15 is 0 Å². The Morgan fingerprint density at radius 2 is 1.80 bits per heavy atom. The molecule has 0 radical (unpaired) electrons. The maximum atomic E-state index is 13.3. The summed E-state index contributed by atoms with van der Waals surface area (Å²) in [5.41, 5.74) is 1.44. The molecule has 3 rings (SSSR count). The topological polar surface area (TPSA) is 55.4 Å². The van der Waals surface area contributed by atoms with Crippen molar-refractivity contribution in [3.63, 3.8) is 0 Å². The zero-order chi connectivity index (χ0) is 17.9. The van der Waals surface area contributed by atoms with Crippen molar-refractivity contribution in [2.75, 3.05) is 19.8 Å². The Labute approximate surface area is 148 Å². The third-order valence-corrected chi connectivity index (χ3v) is 6.21. The van der Waals surface area contributed by atoms with Gasteiger partial charge in [0.15, 0.2) is 0 Å². The maximum Gasteiger partial charge on any atom is 0.240 e. The first-order chi connectivity index (χ1) is 11.9. The van der Waals surface area contributed by atoms with Crippen LogP contribution in [0.2, 0.25) is 0 Å². The van der Waals surface area contributed by atoms with E-state index in [1.165, 1.54) is 12.1 Å². The number of rotatable bonds is 5. The molecule has 25 heavy (non-hydrogen) atoms. The van der Waals surface area contributed by atoms with Crippen LogP contribution >= 0.6 is 0 Å². The van der Waals surface area contributed by atoms with Crippen LogP contribution in [0.15, 0.2) is 53.4 Å². The predicted molar refractivity (Wildman–Crippen MR) is 94.5 cm³/mol. The van der Waals surface area contributed by atoms with Crippen molar-refractivity contribution >= 4 is 10.0 Å². The van der Waals surface area contributed by atoms with Crippen molar-refractivity contribution in [1.29, 1.82) is 0 Å². The highest BCUT2D eigenvalue weighted by molar-refractivity contribution is 7.89. The molecule has 6 heteroatoms. The molecule has 0 spiro atoms. The van der Waals surface area contributed by atoms with E-state index < -0.39 is 10.0 Å². The maximum absolute atomic E-state index is 13.3. The Morgan fingerprint density at radius 3 is 2.44 bits per heavy atom. The molecule has 1 heterocycles. The molecule has 2 aromatic rings. The molecule has 0 aromatic heterocycles. The molecule has 1 fully saturated rings. The van der Waals surface area contributed by atoms with Crippen LogP contribution in [0, 0.1) is 12.7 Å². The van der Waals surface area contributed by atoms with Gasteiger partial charge in [-0.1, -0.05) is 24.3 Å². The molecular formula is C19H22FNO3S. The second-order valence-corrected chi connectivity index (χ2v) is 8.31. The van der Waals surface area contributed by atoms with Crippen molar-refractivity contribution in [3.05, 3.63) is 65.5 Å². The average Bonchev–Trinajstić information content (AvgIpc) is 2.61. The highest BCUT2D eigenvalue weighted by atomic mass is 32.2. The van der Waals surface area contributed by atoms with Gasteiger partial charge in [0, 0.05) is 25.2 Å². The summed E-state index contributed by atoms with van der Waals surface area (Å²) in [5, 5.41) is 0. The minimum Gasteiger partial charge on any atom is -0.381 e. The van der Waals surface area contributed by atoms with Crippen molar-refractivity contribution in [2.45, 2.75) is 30.1 Å².